The molecule has 2 N–H and O–H groups in total. The molecule has 2 fully saturated rings. The second-order valence-corrected chi connectivity index (χ2v) is 7.63. The summed E-state index contributed by atoms with van der Waals surface area (Å²) in [6.07, 6.45) is 2.49. The predicted octanol–water partition coefficient (Wildman–Crippen LogP) is 0.627. The summed E-state index contributed by atoms with van der Waals surface area (Å²) >= 11 is 0. The van der Waals surface area contributed by atoms with E-state index < -0.39 is 35.4 Å². The van der Waals surface area contributed by atoms with Crippen molar-refractivity contribution in [3.05, 3.63) is 30.3 Å². The van der Waals surface area contributed by atoms with Gasteiger partial charge >= 0.3 is 6.03 Å². The lowest BCUT2D eigenvalue weighted by Crippen LogP contribution is -2.75. The molecule has 0 radical (unpaired) electrons. The van der Waals surface area contributed by atoms with Crippen molar-refractivity contribution < 1.29 is 23.5 Å². The van der Waals surface area contributed by atoms with Gasteiger partial charge in [0, 0.05) is 13.0 Å². The summed E-state index contributed by atoms with van der Waals surface area (Å²) in [5.74, 6) is -0.930. The second-order valence-electron chi connectivity index (χ2n) is 7.63. The molecule has 0 aliphatic carbocycles. The Morgan fingerprint density at radius 2 is 1.93 bits per heavy atom. The topological polar surface area (TPSA) is 127 Å². The van der Waals surface area contributed by atoms with Crippen LogP contribution in [-0.4, -0.2) is 52.6 Å². The molecule has 5 rings (SSSR count). The first-order chi connectivity index (χ1) is 13.9. The Labute approximate surface area is 165 Å². The van der Waals surface area contributed by atoms with Crippen LogP contribution in [0.3, 0.4) is 0 Å². The highest BCUT2D eigenvalue weighted by Gasteiger charge is 2.63. The molecule has 10 heteroatoms. The van der Waals surface area contributed by atoms with Crippen molar-refractivity contribution in [1.29, 1.82) is 0 Å². The number of carbonyl (C=O) groups is 3. The number of imide groups is 2. The maximum atomic E-state index is 13.1. The van der Waals surface area contributed by atoms with Crippen molar-refractivity contribution >= 4 is 23.5 Å². The number of fused-ring (bicyclic) bond motifs is 4. The van der Waals surface area contributed by atoms with Crippen LogP contribution in [0.25, 0.3) is 11.6 Å². The van der Waals surface area contributed by atoms with Gasteiger partial charge in [-0.15, -0.1) is 0 Å². The Morgan fingerprint density at radius 3 is 2.62 bits per heavy atom. The fourth-order valence-electron chi connectivity index (χ4n) is 4.76. The molecule has 3 aliphatic heterocycles. The van der Waals surface area contributed by atoms with E-state index in [9.17, 15) is 14.4 Å². The molecule has 3 aliphatic rings. The van der Waals surface area contributed by atoms with E-state index in [0.717, 1.165) is 5.69 Å². The summed E-state index contributed by atoms with van der Waals surface area (Å²) < 4.78 is 11.3. The Bertz CT molecular complexity index is 1000. The number of anilines is 1. The molecule has 150 valence electrons. The second kappa shape index (κ2) is 6.11. The van der Waals surface area contributed by atoms with E-state index in [-0.39, 0.29) is 12.5 Å². The summed E-state index contributed by atoms with van der Waals surface area (Å²) in [5.41, 5.74) is 0.362. The number of morpholine rings is 1. The van der Waals surface area contributed by atoms with Gasteiger partial charge in [0.25, 0.3) is 0 Å². The van der Waals surface area contributed by atoms with E-state index in [2.05, 4.69) is 20.6 Å². The van der Waals surface area contributed by atoms with E-state index in [1.165, 1.54) is 12.5 Å². The van der Waals surface area contributed by atoms with Gasteiger partial charge in [-0.05, 0) is 26.0 Å². The van der Waals surface area contributed by atoms with Crippen LogP contribution in [0.2, 0.25) is 0 Å². The van der Waals surface area contributed by atoms with Crippen LogP contribution in [-0.2, 0) is 20.7 Å². The number of hydrogen-bond donors (Lipinski definition) is 2. The Kier molecular flexibility index (Phi) is 3.75. The van der Waals surface area contributed by atoms with Gasteiger partial charge in [0.2, 0.25) is 17.7 Å². The van der Waals surface area contributed by atoms with Gasteiger partial charge in [0.05, 0.1) is 35.8 Å². The minimum atomic E-state index is -1.54. The Hall–Kier alpha value is -3.27. The van der Waals surface area contributed by atoms with Crippen molar-refractivity contribution in [3.8, 4) is 11.6 Å². The number of oxazole rings is 1. The van der Waals surface area contributed by atoms with E-state index in [0.29, 0.717) is 23.8 Å². The first-order valence-electron chi connectivity index (χ1n) is 9.39. The molecule has 29 heavy (non-hydrogen) atoms. The quantitative estimate of drug-likeness (QED) is 0.671. The van der Waals surface area contributed by atoms with Gasteiger partial charge in [0.15, 0.2) is 5.41 Å². The maximum absolute atomic E-state index is 13.1. The number of nitrogens with zero attached hydrogens (tertiary/aromatic N) is 3. The lowest BCUT2D eigenvalue weighted by atomic mass is 9.67. The number of nitrogens with one attached hydrogen (secondary N) is 2. The first kappa shape index (κ1) is 17.8. The predicted molar refractivity (Wildman–Crippen MR) is 98.7 cm³/mol. The van der Waals surface area contributed by atoms with E-state index in [4.69, 9.17) is 9.15 Å². The SMILES string of the molecule is C[C@@H]1CN2c3ccc(-c4ncco4)nc3CC3(C(=O)NC(=O)NC3=O)[C@H]2[C@H](C)O1. The average Bonchev–Trinajstić information content (AvgIpc) is 3.20. The number of hydrogen-bond acceptors (Lipinski definition) is 8. The van der Waals surface area contributed by atoms with E-state index in [1.807, 2.05) is 24.8 Å². The van der Waals surface area contributed by atoms with Crippen molar-refractivity contribution in [2.24, 2.45) is 5.41 Å². The molecule has 0 saturated carbocycles. The third kappa shape index (κ3) is 2.48. The van der Waals surface area contributed by atoms with Gasteiger partial charge in [-0.3, -0.25) is 20.2 Å². The number of ether oxygens (including phenoxy) is 1. The number of barbiturate groups is 1. The first-order valence-corrected chi connectivity index (χ1v) is 9.39. The molecule has 10 nitrogen and oxygen atoms in total. The van der Waals surface area contributed by atoms with Gasteiger partial charge < -0.3 is 14.1 Å². The van der Waals surface area contributed by atoms with Crippen LogP contribution in [0.15, 0.2) is 29.0 Å². The smallest absolute Gasteiger partial charge is 0.328 e. The average molecular weight is 397 g/mol. The van der Waals surface area contributed by atoms with Crippen LogP contribution in [0.1, 0.15) is 19.5 Å². The normalized spacial score (nSPS) is 27.9. The molecule has 2 aromatic heterocycles. The number of carbonyl (C=O) groups excluding carboxylic acids is 3. The molecule has 0 unspecified atom stereocenters. The van der Waals surface area contributed by atoms with Crippen molar-refractivity contribution in [1.82, 2.24) is 20.6 Å². The minimum Gasteiger partial charge on any atom is -0.443 e. The van der Waals surface area contributed by atoms with E-state index in [1.54, 1.807) is 6.07 Å². The Morgan fingerprint density at radius 1 is 1.17 bits per heavy atom. The number of urea groups is 1. The number of aromatic nitrogens is 2. The largest absolute Gasteiger partial charge is 0.443 e. The van der Waals surface area contributed by atoms with Crippen LogP contribution < -0.4 is 15.5 Å². The molecular formula is C19H19N5O5. The van der Waals surface area contributed by atoms with Gasteiger partial charge in [0.1, 0.15) is 12.0 Å². The molecule has 3 atom stereocenters. The summed E-state index contributed by atoms with van der Waals surface area (Å²) in [5, 5.41) is 4.51. The van der Waals surface area contributed by atoms with Gasteiger partial charge in [-0.2, -0.15) is 0 Å². The highest BCUT2D eigenvalue weighted by atomic mass is 16.5. The zero-order valence-electron chi connectivity index (χ0n) is 15.8. The fourth-order valence-corrected chi connectivity index (χ4v) is 4.76. The third-order valence-electron chi connectivity index (χ3n) is 5.81. The monoisotopic (exact) mass is 397 g/mol. The number of rotatable bonds is 1. The maximum Gasteiger partial charge on any atom is 0.328 e. The van der Waals surface area contributed by atoms with Crippen LogP contribution in [0.4, 0.5) is 10.5 Å². The minimum absolute atomic E-state index is 0.0328. The molecule has 2 saturated heterocycles. The number of pyridine rings is 1. The zero-order valence-corrected chi connectivity index (χ0v) is 15.8. The standard InChI is InChI=1S/C19H19N5O5/c1-9-8-24-13-4-3-11(15-20-5-6-28-15)21-12(13)7-19(14(24)10(2)29-9)16(25)22-18(27)23-17(19)26/h3-6,9-10,14H,7-8H2,1-2H3,(H2,22,23,25,26,27)/t9-,10+,14-/m1/s1. The van der Waals surface area contributed by atoms with E-state index >= 15 is 0 Å². The molecular weight excluding hydrogens is 378 g/mol. The fraction of sp³-hybridized carbons (Fsp3) is 0.421. The zero-order chi connectivity index (χ0) is 20.3. The van der Waals surface area contributed by atoms with Gasteiger partial charge in [-0.1, -0.05) is 0 Å². The van der Waals surface area contributed by atoms with Crippen LogP contribution in [0.5, 0.6) is 0 Å². The molecule has 0 bridgehead atoms. The van der Waals surface area contributed by atoms with Crippen LogP contribution >= 0.6 is 0 Å². The highest BCUT2D eigenvalue weighted by Crippen LogP contribution is 2.46. The molecule has 0 aromatic carbocycles. The van der Waals surface area contributed by atoms with Crippen molar-refractivity contribution in [3.63, 3.8) is 0 Å². The molecule has 2 aromatic rings. The van der Waals surface area contributed by atoms with Crippen LogP contribution in [0, 0.1) is 5.41 Å². The summed E-state index contributed by atoms with van der Waals surface area (Å²) in [4.78, 5) is 48.6. The van der Waals surface area contributed by atoms with Gasteiger partial charge in [-0.25, -0.2) is 14.8 Å². The lowest BCUT2D eigenvalue weighted by Gasteiger charge is -2.55. The third-order valence-corrected chi connectivity index (χ3v) is 5.81. The molecule has 5 heterocycles. The summed E-state index contributed by atoms with van der Waals surface area (Å²) in [6.45, 7) is 4.26. The highest BCUT2D eigenvalue weighted by molar-refractivity contribution is 6.20. The number of amides is 4. The molecule has 1 spiro atoms. The summed E-state index contributed by atoms with van der Waals surface area (Å²) in [7, 11) is 0. The van der Waals surface area contributed by atoms with Crippen molar-refractivity contribution in [2.75, 3.05) is 11.4 Å². The lowest BCUT2D eigenvalue weighted by molar-refractivity contribution is -0.153. The van der Waals surface area contributed by atoms with Crippen molar-refractivity contribution in [2.45, 2.75) is 38.5 Å². The summed E-state index contributed by atoms with van der Waals surface area (Å²) in [6, 6.07) is 2.31. The Balaban J connectivity index is 1.69. The molecule has 4 amide bonds.